The lowest BCUT2D eigenvalue weighted by molar-refractivity contribution is -0.182. The molecule has 4 rings (SSSR count). The smallest absolute Gasteiger partial charge is 0.295 e. The summed E-state index contributed by atoms with van der Waals surface area (Å²) in [5.41, 5.74) is 1.02. The monoisotopic (exact) mass is 546 g/mol. The van der Waals surface area contributed by atoms with E-state index >= 15 is 0 Å². The van der Waals surface area contributed by atoms with E-state index in [4.69, 9.17) is 15.0 Å². The Kier molecular flexibility index (Phi) is 9.79. The summed E-state index contributed by atoms with van der Waals surface area (Å²) in [6.45, 7) is 11.7. The lowest BCUT2D eigenvalue weighted by atomic mass is 9.71. The molecule has 0 radical (unpaired) electrons. The van der Waals surface area contributed by atoms with Crippen LogP contribution in [0, 0.1) is 10.8 Å². The van der Waals surface area contributed by atoms with Gasteiger partial charge in [0.2, 0.25) is 6.29 Å². The van der Waals surface area contributed by atoms with E-state index in [0.717, 1.165) is 5.56 Å². The van der Waals surface area contributed by atoms with E-state index in [1.807, 2.05) is 102 Å². The number of carbonyl (C=O) groups excluding carboxylic acids is 3. The first-order valence-electron chi connectivity index (χ1n) is 13.3. The fraction of sp³-hybridized carbons (Fsp3) is 0.364. The van der Waals surface area contributed by atoms with Crippen molar-refractivity contribution in [2.75, 3.05) is 0 Å². The Balaban J connectivity index is 0.000000267. The number of rotatable bonds is 9. The van der Waals surface area contributed by atoms with Crippen molar-refractivity contribution in [3.63, 3.8) is 0 Å². The molecule has 3 aromatic rings. The Morgan fingerprint density at radius 2 is 1.18 bits per heavy atom. The maximum atomic E-state index is 13.1. The number of Topliss-reactive ketones (excluding diaryl/α,β-unsaturated/α-hetero) is 2. The summed E-state index contributed by atoms with van der Waals surface area (Å²) in [7, 11) is 0. The van der Waals surface area contributed by atoms with Crippen LogP contribution in [-0.4, -0.2) is 29.1 Å². The van der Waals surface area contributed by atoms with Gasteiger partial charge >= 0.3 is 5.97 Å². The van der Waals surface area contributed by atoms with Crippen LogP contribution >= 0.6 is 0 Å². The molecule has 1 heterocycles. The van der Waals surface area contributed by atoms with Gasteiger partial charge in [0.15, 0.2) is 11.6 Å². The van der Waals surface area contributed by atoms with Gasteiger partial charge in [-0.2, -0.15) is 15.0 Å². The van der Waals surface area contributed by atoms with Crippen molar-refractivity contribution in [1.29, 1.82) is 0 Å². The van der Waals surface area contributed by atoms with Gasteiger partial charge in [-0.1, -0.05) is 113 Å². The van der Waals surface area contributed by atoms with E-state index in [0.29, 0.717) is 29.5 Å². The molecular formula is C33H38O7. The largest absolute Gasteiger partial charge is 0.373 e. The standard InChI is InChI=1S/C22H24O4.C11H14O3/c1-21(2,18(23)16-10-6-4-7-11-16)14-15-22(3,20-25-26-20)19(24)17-12-8-5-9-13-17;1-11(2,3)9-7-5-4-6-8(9)10(12)14-13/h4-13,20H,14-15H2,1-3H3;4-7,13H,1-3H3. The van der Waals surface area contributed by atoms with Crippen LogP contribution in [0.2, 0.25) is 0 Å². The third kappa shape index (κ3) is 7.50. The molecule has 7 heteroatoms. The minimum atomic E-state index is -0.824. The molecule has 0 saturated carbocycles. The first kappa shape index (κ1) is 30.9. The van der Waals surface area contributed by atoms with Gasteiger partial charge in [-0.05, 0) is 36.8 Å². The van der Waals surface area contributed by atoms with Crippen molar-refractivity contribution in [3.8, 4) is 0 Å². The van der Waals surface area contributed by atoms with Crippen LogP contribution < -0.4 is 0 Å². The Morgan fingerprint density at radius 3 is 1.65 bits per heavy atom. The maximum Gasteiger partial charge on any atom is 0.373 e. The van der Waals surface area contributed by atoms with E-state index < -0.39 is 23.1 Å². The molecule has 0 aliphatic carbocycles. The zero-order chi connectivity index (χ0) is 29.6. The fourth-order valence-corrected chi connectivity index (χ4v) is 4.53. The summed E-state index contributed by atoms with van der Waals surface area (Å²) in [4.78, 5) is 50.9. The summed E-state index contributed by atoms with van der Waals surface area (Å²) in [6.07, 6.45) is 0.494. The Morgan fingerprint density at radius 1 is 0.700 bits per heavy atom. The highest BCUT2D eigenvalue weighted by molar-refractivity contribution is 6.01. The number of benzene rings is 3. The summed E-state index contributed by atoms with van der Waals surface area (Å²) in [5, 5.41) is 8.33. The molecule has 0 aromatic heterocycles. The van der Waals surface area contributed by atoms with Gasteiger partial charge in [-0.3, -0.25) is 14.5 Å². The quantitative estimate of drug-likeness (QED) is 0.128. The average molecular weight is 547 g/mol. The second-order valence-corrected chi connectivity index (χ2v) is 11.9. The SMILES string of the molecule is CC(C)(C)c1ccccc1C(=O)OO.CC(C)(CCC(C)(C(=O)c1ccccc1)C1OO1)C(=O)c1ccccc1. The summed E-state index contributed by atoms with van der Waals surface area (Å²) >= 11 is 0. The van der Waals surface area contributed by atoms with Crippen molar-refractivity contribution in [3.05, 3.63) is 107 Å². The lowest BCUT2D eigenvalue weighted by Gasteiger charge is -2.30. The summed E-state index contributed by atoms with van der Waals surface area (Å²) < 4.78 is 0. The molecule has 1 N–H and O–H groups in total. The van der Waals surface area contributed by atoms with E-state index in [2.05, 4.69) is 4.89 Å². The Bertz CT molecular complexity index is 1310. The van der Waals surface area contributed by atoms with Crippen LogP contribution in [0.1, 0.15) is 91.0 Å². The first-order chi connectivity index (χ1) is 18.8. The first-order valence-corrected chi connectivity index (χ1v) is 13.3. The Labute approximate surface area is 235 Å². The van der Waals surface area contributed by atoms with Crippen molar-refractivity contribution in [2.45, 2.75) is 66.1 Å². The molecule has 0 bridgehead atoms. The molecule has 40 heavy (non-hydrogen) atoms. The molecule has 1 fully saturated rings. The molecule has 7 nitrogen and oxygen atoms in total. The number of hydrogen-bond acceptors (Lipinski definition) is 7. The van der Waals surface area contributed by atoms with E-state index in [1.54, 1.807) is 24.3 Å². The van der Waals surface area contributed by atoms with Gasteiger partial charge in [0.1, 0.15) is 0 Å². The number of ketones is 2. The Hall–Kier alpha value is -3.65. The van der Waals surface area contributed by atoms with Crippen molar-refractivity contribution < 1.29 is 34.3 Å². The molecule has 1 saturated heterocycles. The molecule has 1 aliphatic rings. The van der Waals surface area contributed by atoms with E-state index in [1.165, 1.54) is 0 Å². The van der Waals surface area contributed by atoms with Gasteiger partial charge in [0, 0.05) is 16.5 Å². The minimum Gasteiger partial charge on any atom is -0.295 e. The van der Waals surface area contributed by atoms with Crippen LogP contribution in [0.25, 0.3) is 0 Å². The van der Waals surface area contributed by atoms with Crippen molar-refractivity contribution in [1.82, 2.24) is 0 Å². The average Bonchev–Trinajstić information content (AvgIpc) is 3.82. The minimum absolute atomic E-state index is 0.0245. The highest BCUT2D eigenvalue weighted by atomic mass is 17.4. The van der Waals surface area contributed by atoms with Crippen LogP contribution in [0.5, 0.6) is 0 Å². The van der Waals surface area contributed by atoms with Crippen molar-refractivity contribution in [2.24, 2.45) is 10.8 Å². The fourth-order valence-electron chi connectivity index (χ4n) is 4.53. The van der Waals surface area contributed by atoms with Crippen LogP contribution in [0.3, 0.4) is 0 Å². The van der Waals surface area contributed by atoms with Crippen LogP contribution in [0.15, 0.2) is 84.9 Å². The molecule has 1 unspecified atom stereocenters. The van der Waals surface area contributed by atoms with Gasteiger partial charge < -0.3 is 0 Å². The molecule has 1 atom stereocenters. The molecule has 0 amide bonds. The van der Waals surface area contributed by atoms with Gasteiger partial charge in [-0.25, -0.2) is 4.79 Å². The van der Waals surface area contributed by atoms with Gasteiger partial charge in [0.25, 0.3) is 0 Å². The molecule has 3 aromatic carbocycles. The predicted molar refractivity (Wildman–Crippen MR) is 152 cm³/mol. The second-order valence-electron chi connectivity index (χ2n) is 11.9. The predicted octanol–water partition coefficient (Wildman–Crippen LogP) is 7.47. The number of hydrogen-bond donors (Lipinski definition) is 1. The van der Waals surface area contributed by atoms with E-state index in [9.17, 15) is 14.4 Å². The zero-order valence-electron chi connectivity index (χ0n) is 24.0. The third-order valence-corrected chi connectivity index (χ3v) is 7.23. The number of carbonyl (C=O) groups is 3. The molecule has 0 spiro atoms. The van der Waals surface area contributed by atoms with Gasteiger partial charge in [-0.15, -0.1) is 0 Å². The summed E-state index contributed by atoms with van der Waals surface area (Å²) in [5.74, 6) is -0.663. The van der Waals surface area contributed by atoms with Gasteiger partial charge in [0.05, 0.1) is 11.0 Å². The topological polar surface area (TPSA) is 106 Å². The second kappa shape index (κ2) is 12.7. The van der Waals surface area contributed by atoms with Crippen LogP contribution in [-0.2, 0) is 20.1 Å². The molecule has 212 valence electrons. The third-order valence-electron chi connectivity index (χ3n) is 7.23. The zero-order valence-corrected chi connectivity index (χ0v) is 24.0. The van der Waals surface area contributed by atoms with Crippen molar-refractivity contribution >= 4 is 17.5 Å². The normalized spacial score (nSPS) is 14.8. The van der Waals surface area contributed by atoms with Crippen LogP contribution in [0.4, 0.5) is 0 Å². The van der Waals surface area contributed by atoms with E-state index in [-0.39, 0.29) is 17.0 Å². The highest BCUT2D eigenvalue weighted by Crippen LogP contribution is 2.44. The summed E-state index contributed by atoms with van der Waals surface area (Å²) in [6, 6.07) is 25.5. The maximum absolute atomic E-state index is 13.1. The highest BCUT2D eigenvalue weighted by Gasteiger charge is 2.52. The lowest BCUT2D eigenvalue weighted by Crippen LogP contribution is -2.36. The molecule has 1 aliphatic heterocycles. The molecular weight excluding hydrogens is 508 g/mol.